The number of fused-ring (bicyclic) bond motifs is 10. The smallest absolute Gasteiger partial charge is 0.164 e. The van der Waals surface area contributed by atoms with Crippen molar-refractivity contribution in [2.45, 2.75) is 6.92 Å². The van der Waals surface area contributed by atoms with E-state index in [0.717, 1.165) is 22.3 Å². The van der Waals surface area contributed by atoms with Crippen molar-refractivity contribution in [2.75, 3.05) is 0 Å². The summed E-state index contributed by atoms with van der Waals surface area (Å²) in [5.74, 6) is 1.99. The van der Waals surface area contributed by atoms with Crippen LogP contribution in [0.2, 0.25) is 0 Å². The molecule has 238 valence electrons. The Kier molecular flexibility index (Phi) is 6.01. The number of para-hydroxylation sites is 2. The normalized spacial score (nSPS) is 12.0. The van der Waals surface area contributed by atoms with E-state index in [4.69, 9.17) is 15.0 Å². The van der Waals surface area contributed by atoms with E-state index in [-0.39, 0.29) is 0 Å². The molecule has 0 aliphatic rings. The summed E-state index contributed by atoms with van der Waals surface area (Å²) in [6, 6.07) is 54.0. The zero-order valence-electron chi connectivity index (χ0n) is 27.6. The molecule has 0 saturated heterocycles. The number of aryl methyl sites for hydroxylation is 1. The molecule has 0 atom stereocenters. The van der Waals surface area contributed by atoms with Crippen LogP contribution in [0.3, 0.4) is 0 Å². The molecule has 51 heavy (non-hydrogen) atoms. The van der Waals surface area contributed by atoms with Crippen molar-refractivity contribution in [2.24, 2.45) is 0 Å². The Morgan fingerprint density at radius 1 is 0.431 bits per heavy atom. The highest BCUT2D eigenvalue weighted by atomic mass is 32.1. The van der Waals surface area contributed by atoms with Gasteiger partial charge in [-0.1, -0.05) is 145 Å². The first-order chi connectivity index (χ1) is 25.2. The van der Waals surface area contributed by atoms with Gasteiger partial charge in [-0.3, -0.25) is 0 Å². The van der Waals surface area contributed by atoms with Gasteiger partial charge in [-0.15, -0.1) is 11.3 Å². The zero-order chi connectivity index (χ0) is 33.6. The van der Waals surface area contributed by atoms with E-state index in [1.54, 1.807) is 0 Å². The van der Waals surface area contributed by atoms with Crippen LogP contribution in [0.25, 0.3) is 104 Å². The van der Waals surface area contributed by atoms with Gasteiger partial charge in [0, 0.05) is 53.7 Å². The maximum absolute atomic E-state index is 5.20. The van der Waals surface area contributed by atoms with E-state index in [0.29, 0.717) is 17.5 Å². The van der Waals surface area contributed by atoms with Crippen LogP contribution in [0.15, 0.2) is 152 Å². The summed E-state index contributed by atoms with van der Waals surface area (Å²) in [4.78, 5) is 15.4. The molecule has 4 nitrogen and oxygen atoms in total. The fourth-order valence-electron chi connectivity index (χ4n) is 7.87. The number of benzene rings is 7. The van der Waals surface area contributed by atoms with Gasteiger partial charge < -0.3 is 4.40 Å². The fraction of sp³-hybridized carbons (Fsp3) is 0.0217. The van der Waals surface area contributed by atoms with Crippen LogP contribution >= 0.6 is 11.3 Å². The Labute approximate surface area is 297 Å². The summed E-state index contributed by atoms with van der Waals surface area (Å²) in [6.07, 6.45) is 0. The molecule has 0 unspecified atom stereocenters. The van der Waals surface area contributed by atoms with Crippen LogP contribution in [-0.4, -0.2) is 19.4 Å². The lowest BCUT2D eigenvalue weighted by Crippen LogP contribution is -2.00. The third-order valence-corrected chi connectivity index (χ3v) is 11.5. The second kappa shape index (κ2) is 10.8. The lowest BCUT2D eigenvalue weighted by molar-refractivity contribution is 1.08. The van der Waals surface area contributed by atoms with Crippen LogP contribution in [0.4, 0.5) is 0 Å². The first kappa shape index (κ1) is 28.4. The molecule has 11 rings (SSSR count). The number of aromatic nitrogens is 4. The highest BCUT2D eigenvalue weighted by Gasteiger charge is 2.22. The molecular formula is C46H28N4S. The highest BCUT2D eigenvalue weighted by molar-refractivity contribution is 7.26. The van der Waals surface area contributed by atoms with Crippen molar-refractivity contribution in [3.8, 4) is 45.3 Å². The number of nitrogens with zero attached hydrogens (tertiary/aromatic N) is 4. The molecule has 0 amide bonds. The molecule has 0 spiro atoms. The lowest BCUT2D eigenvalue weighted by atomic mass is 10.0. The summed E-state index contributed by atoms with van der Waals surface area (Å²) in [7, 11) is 0. The SMILES string of the molecule is Cc1ccc(-c2ccc(-c3nc(-c4ccccc4)nc(-c4cccc5sc6c(ccc7c8cccc9c%10ccccc%10n(c98)c76)c45)n3)cc2)cc1. The van der Waals surface area contributed by atoms with Gasteiger partial charge in [0.05, 0.1) is 21.3 Å². The maximum Gasteiger partial charge on any atom is 0.164 e. The van der Waals surface area contributed by atoms with Crippen molar-refractivity contribution in [1.82, 2.24) is 19.4 Å². The van der Waals surface area contributed by atoms with E-state index >= 15 is 0 Å². The summed E-state index contributed by atoms with van der Waals surface area (Å²) in [5, 5.41) is 7.55. The highest BCUT2D eigenvalue weighted by Crippen LogP contribution is 2.47. The lowest BCUT2D eigenvalue weighted by Gasteiger charge is -2.10. The Balaban J connectivity index is 1.15. The monoisotopic (exact) mass is 668 g/mol. The van der Waals surface area contributed by atoms with Gasteiger partial charge in [0.25, 0.3) is 0 Å². The van der Waals surface area contributed by atoms with Crippen molar-refractivity contribution >= 4 is 69.6 Å². The summed E-state index contributed by atoms with van der Waals surface area (Å²) >= 11 is 1.85. The quantitative estimate of drug-likeness (QED) is 0.187. The Morgan fingerprint density at radius 2 is 1.00 bits per heavy atom. The molecule has 0 radical (unpaired) electrons. The molecule has 0 aliphatic heterocycles. The Bertz CT molecular complexity index is 3120. The average molecular weight is 669 g/mol. The molecule has 7 aromatic carbocycles. The minimum absolute atomic E-state index is 0.656. The fourth-order valence-corrected chi connectivity index (χ4v) is 9.14. The molecule has 4 aromatic heterocycles. The number of rotatable bonds is 4. The van der Waals surface area contributed by atoms with Crippen molar-refractivity contribution in [3.63, 3.8) is 0 Å². The van der Waals surface area contributed by atoms with Gasteiger partial charge in [0.1, 0.15) is 0 Å². The average Bonchev–Trinajstić information content (AvgIpc) is 3.86. The number of hydrogen-bond donors (Lipinski definition) is 0. The summed E-state index contributed by atoms with van der Waals surface area (Å²) in [5.41, 5.74) is 10.3. The van der Waals surface area contributed by atoms with Gasteiger partial charge in [-0.05, 0) is 30.2 Å². The van der Waals surface area contributed by atoms with Gasteiger partial charge in [-0.2, -0.15) is 0 Å². The van der Waals surface area contributed by atoms with Crippen LogP contribution in [0.5, 0.6) is 0 Å². The van der Waals surface area contributed by atoms with Gasteiger partial charge >= 0.3 is 0 Å². The minimum Gasteiger partial charge on any atom is -0.307 e. The summed E-state index contributed by atoms with van der Waals surface area (Å²) in [6.45, 7) is 2.11. The van der Waals surface area contributed by atoms with E-state index in [1.807, 2.05) is 29.5 Å². The van der Waals surface area contributed by atoms with E-state index in [1.165, 1.54) is 69.4 Å². The van der Waals surface area contributed by atoms with Crippen LogP contribution in [0, 0.1) is 6.92 Å². The van der Waals surface area contributed by atoms with E-state index in [9.17, 15) is 0 Å². The summed E-state index contributed by atoms with van der Waals surface area (Å²) < 4.78 is 4.98. The standard InChI is InChI=1S/C46H28N4S/c1-27-17-19-28(20-18-27)29-21-23-31(24-22-29)45-47-44(30-9-3-2-4-10-30)48-46(49-45)37-14-8-16-39-40(37)36-26-25-35-34-13-7-12-33-32-11-5-6-15-38(32)50(41(33)34)42(35)43(36)51-39/h2-26H,1H3. The van der Waals surface area contributed by atoms with Gasteiger partial charge in [0.2, 0.25) is 0 Å². The van der Waals surface area contributed by atoms with Gasteiger partial charge in [-0.25, -0.2) is 15.0 Å². The zero-order valence-corrected chi connectivity index (χ0v) is 28.4. The first-order valence-electron chi connectivity index (χ1n) is 17.2. The Morgan fingerprint density at radius 3 is 1.78 bits per heavy atom. The van der Waals surface area contributed by atoms with Crippen molar-refractivity contribution in [1.29, 1.82) is 0 Å². The van der Waals surface area contributed by atoms with E-state index < -0.39 is 0 Å². The molecule has 0 saturated carbocycles. The topological polar surface area (TPSA) is 43.1 Å². The predicted octanol–water partition coefficient (Wildman–Crippen LogP) is 12.4. The molecule has 5 heteroatoms. The second-order valence-corrected chi connectivity index (χ2v) is 14.3. The maximum atomic E-state index is 5.20. The number of thiophene rings is 1. The third-order valence-electron chi connectivity index (χ3n) is 10.3. The predicted molar refractivity (Wildman–Crippen MR) is 214 cm³/mol. The molecule has 0 N–H and O–H groups in total. The molecule has 0 bridgehead atoms. The molecule has 4 heterocycles. The van der Waals surface area contributed by atoms with Crippen LogP contribution in [-0.2, 0) is 0 Å². The molecular weight excluding hydrogens is 641 g/mol. The van der Waals surface area contributed by atoms with Gasteiger partial charge in [0.15, 0.2) is 17.5 Å². The largest absolute Gasteiger partial charge is 0.307 e. The minimum atomic E-state index is 0.656. The van der Waals surface area contributed by atoms with E-state index in [2.05, 4.69) is 145 Å². The molecule has 0 aliphatic carbocycles. The molecule has 0 fully saturated rings. The second-order valence-electron chi connectivity index (χ2n) is 13.3. The molecule has 11 aromatic rings. The van der Waals surface area contributed by atoms with Crippen molar-refractivity contribution in [3.05, 3.63) is 157 Å². The number of hydrogen-bond acceptors (Lipinski definition) is 4. The van der Waals surface area contributed by atoms with Crippen LogP contribution < -0.4 is 0 Å². The first-order valence-corrected chi connectivity index (χ1v) is 18.0. The third kappa shape index (κ3) is 4.22. The van der Waals surface area contributed by atoms with Crippen molar-refractivity contribution < 1.29 is 0 Å². The Hall–Kier alpha value is -6.43. The van der Waals surface area contributed by atoms with Crippen LogP contribution in [0.1, 0.15) is 5.56 Å².